The maximum atomic E-state index is 15.5. The Labute approximate surface area is 332 Å². The van der Waals surface area contributed by atoms with Crippen molar-refractivity contribution in [3.05, 3.63) is 168 Å². The van der Waals surface area contributed by atoms with Gasteiger partial charge in [0, 0.05) is 0 Å². The van der Waals surface area contributed by atoms with Crippen molar-refractivity contribution in [2.45, 2.75) is 12.4 Å². The molecule has 0 saturated carbocycles. The van der Waals surface area contributed by atoms with Gasteiger partial charge in [0.25, 0.3) is 0 Å². The van der Waals surface area contributed by atoms with E-state index in [-0.39, 0.29) is 50.4 Å². The summed E-state index contributed by atoms with van der Waals surface area (Å²) in [6, 6.07) is 40.7. The number of nitrogens with zero attached hydrogens (tertiary/aromatic N) is 4. The molecule has 0 fully saturated rings. The molecular formula is C46H26CuF6N4. The SMILES string of the molecule is FC(F)(F)C1=C(C(F)(F)F)c2nc1c(-c1ccccc1)c1ccc([n-]1)c(-c1ccccc1)c1nc(c(-c3ccccc3)c3ccc([n-]3)c2-c2ccccc2)C=C1.[Cu+2]. The second-order valence-corrected chi connectivity index (χ2v) is 13.2. The van der Waals surface area contributed by atoms with E-state index in [4.69, 9.17) is 15.0 Å². The minimum atomic E-state index is -5.49. The van der Waals surface area contributed by atoms with Crippen molar-refractivity contribution < 1.29 is 43.4 Å². The summed E-state index contributed by atoms with van der Waals surface area (Å²) in [7, 11) is 0. The van der Waals surface area contributed by atoms with Gasteiger partial charge in [-0.25, -0.2) is 9.97 Å². The van der Waals surface area contributed by atoms with Gasteiger partial charge >= 0.3 is 29.4 Å². The van der Waals surface area contributed by atoms with Crippen LogP contribution in [0.1, 0.15) is 22.8 Å². The van der Waals surface area contributed by atoms with Gasteiger partial charge in [0.2, 0.25) is 0 Å². The first kappa shape index (κ1) is 37.5. The molecule has 0 saturated heterocycles. The average molecular weight is 812 g/mol. The molecule has 1 radical (unpaired) electrons. The Hall–Kier alpha value is -6.42. The van der Waals surface area contributed by atoms with E-state index in [1.165, 1.54) is 36.4 Å². The third-order valence-corrected chi connectivity index (χ3v) is 9.69. The Kier molecular flexibility index (Phi) is 9.59. The van der Waals surface area contributed by atoms with Gasteiger partial charge in [-0.2, -0.15) is 26.3 Å². The first-order valence-corrected chi connectivity index (χ1v) is 17.5. The van der Waals surface area contributed by atoms with Crippen LogP contribution in [-0.2, 0) is 17.1 Å². The molecule has 4 nitrogen and oxygen atoms in total. The van der Waals surface area contributed by atoms with Crippen LogP contribution in [0.3, 0.4) is 0 Å². The number of fused-ring (bicyclic) bond motifs is 8. The molecule has 283 valence electrons. The number of benzene rings is 4. The van der Waals surface area contributed by atoms with Crippen LogP contribution in [0.25, 0.3) is 89.9 Å². The largest absolute Gasteiger partial charge is 2.00 e. The van der Waals surface area contributed by atoms with E-state index in [0.29, 0.717) is 33.5 Å². The van der Waals surface area contributed by atoms with Gasteiger partial charge in [0.1, 0.15) is 0 Å². The standard InChI is InChI=1S/C46H26F6N4.Cu/c47-45(48,49)41-42(46(50,51)52)44-40(30-19-11-4-12-20-30)36-26-24-34(55-36)38(28-15-7-2-8-16-28)32-22-21-31(53-32)37(27-13-5-1-6-14-27)33-23-25-35(54-33)39(43(41)56-44)29-17-9-3-10-18-29;/h1-26H;/q-2;+2. The maximum absolute atomic E-state index is 15.5. The van der Waals surface area contributed by atoms with Crippen LogP contribution in [0.4, 0.5) is 26.3 Å². The molecule has 4 aromatic carbocycles. The molecule has 3 aromatic heterocycles. The van der Waals surface area contributed by atoms with Crippen molar-refractivity contribution in [1.82, 2.24) is 19.9 Å². The van der Waals surface area contributed by atoms with Crippen LogP contribution in [0.15, 0.2) is 146 Å². The Morgan fingerprint density at radius 1 is 0.351 bits per heavy atom. The molecule has 0 aliphatic carbocycles. The Balaban J connectivity index is 0.00000455. The van der Waals surface area contributed by atoms with E-state index < -0.39 is 34.9 Å². The molecule has 8 bridgehead atoms. The molecular weight excluding hydrogens is 786 g/mol. The predicted octanol–water partition coefficient (Wildman–Crippen LogP) is 12.4. The summed E-state index contributed by atoms with van der Waals surface area (Å²) in [6.45, 7) is 0. The van der Waals surface area contributed by atoms with E-state index in [9.17, 15) is 0 Å². The van der Waals surface area contributed by atoms with Crippen molar-refractivity contribution in [3.8, 4) is 44.5 Å². The van der Waals surface area contributed by atoms with Gasteiger partial charge in [-0.15, -0.1) is 22.1 Å². The number of alkyl halides is 6. The minimum absolute atomic E-state index is 0. The van der Waals surface area contributed by atoms with Gasteiger partial charge in [0.15, 0.2) is 0 Å². The van der Waals surface area contributed by atoms with Crippen LogP contribution in [0, 0.1) is 0 Å². The Morgan fingerprint density at radius 3 is 0.930 bits per heavy atom. The van der Waals surface area contributed by atoms with E-state index >= 15 is 26.3 Å². The molecule has 11 heteroatoms. The van der Waals surface area contributed by atoms with Crippen molar-refractivity contribution in [1.29, 1.82) is 0 Å². The van der Waals surface area contributed by atoms with Crippen molar-refractivity contribution in [2.75, 3.05) is 0 Å². The monoisotopic (exact) mass is 811 g/mol. The summed E-state index contributed by atoms with van der Waals surface area (Å²) in [4.78, 5) is 19.3. The molecule has 0 atom stereocenters. The number of hydrogen-bond acceptors (Lipinski definition) is 2. The van der Waals surface area contributed by atoms with E-state index in [2.05, 4.69) is 4.98 Å². The van der Waals surface area contributed by atoms with Crippen molar-refractivity contribution in [2.24, 2.45) is 0 Å². The molecule has 9 rings (SSSR count). The molecule has 0 spiro atoms. The predicted molar refractivity (Wildman–Crippen MR) is 209 cm³/mol. The zero-order valence-electron chi connectivity index (χ0n) is 29.4. The third kappa shape index (κ3) is 6.79. The molecule has 7 aromatic rings. The van der Waals surface area contributed by atoms with Crippen molar-refractivity contribution in [3.63, 3.8) is 0 Å². The van der Waals surface area contributed by atoms with Crippen LogP contribution in [0.5, 0.6) is 0 Å². The van der Waals surface area contributed by atoms with Crippen molar-refractivity contribution >= 4 is 45.4 Å². The fraction of sp³-hybridized carbons (Fsp3) is 0.0435. The second-order valence-electron chi connectivity index (χ2n) is 13.2. The fourth-order valence-corrected chi connectivity index (χ4v) is 7.38. The minimum Gasteiger partial charge on any atom is -0.657 e. The first-order valence-electron chi connectivity index (χ1n) is 17.5. The Morgan fingerprint density at radius 2 is 0.632 bits per heavy atom. The van der Waals surface area contributed by atoms with Gasteiger partial charge < -0.3 is 9.97 Å². The third-order valence-electron chi connectivity index (χ3n) is 9.69. The maximum Gasteiger partial charge on any atom is 2.00 e. The summed E-state index contributed by atoms with van der Waals surface area (Å²) in [5.41, 5.74) is -1.20. The van der Waals surface area contributed by atoms with Gasteiger partial charge in [0.05, 0.1) is 33.9 Å². The number of halogens is 6. The number of rotatable bonds is 4. The normalized spacial score (nSPS) is 12.8. The first-order chi connectivity index (χ1) is 27.1. The zero-order chi connectivity index (χ0) is 38.6. The van der Waals surface area contributed by atoms with Gasteiger partial charge in [-0.05, 0) is 56.7 Å². The molecule has 0 unspecified atom stereocenters. The van der Waals surface area contributed by atoms with E-state index in [1.807, 2.05) is 72.8 Å². The summed E-state index contributed by atoms with van der Waals surface area (Å²) in [5.74, 6) is 0. The van der Waals surface area contributed by atoms with E-state index in [1.54, 1.807) is 48.5 Å². The number of allylic oxidation sites excluding steroid dienone is 2. The summed E-state index contributed by atoms with van der Waals surface area (Å²) in [6.07, 6.45) is -7.27. The summed E-state index contributed by atoms with van der Waals surface area (Å²) >= 11 is 0. The molecule has 5 heterocycles. The number of hydrogen-bond donors (Lipinski definition) is 0. The van der Waals surface area contributed by atoms with Gasteiger partial charge in [-0.3, -0.25) is 0 Å². The number of aromatic nitrogens is 4. The molecule has 2 aliphatic rings. The van der Waals surface area contributed by atoms with E-state index in [0.717, 1.165) is 11.1 Å². The zero-order valence-corrected chi connectivity index (χ0v) is 30.3. The second kappa shape index (κ2) is 14.6. The van der Waals surface area contributed by atoms with Gasteiger partial charge in [-0.1, -0.05) is 146 Å². The van der Waals surface area contributed by atoms with Crippen LogP contribution < -0.4 is 9.97 Å². The Bertz CT molecular complexity index is 2670. The molecule has 57 heavy (non-hydrogen) atoms. The van der Waals surface area contributed by atoms with Crippen LogP contribution >= 0.6 is 0 Å². The van der Waals surface area contributed by atoms with Crippen LogP contribution in [0.2, 0.25) is 0 Å². The fourth-order valence-electron chi connectivity index (χ4n) is 7.38. The molecule has 0 N–H and O–H groups in total. The quantitative estimate of drug-likeness (QED) is 0.131. The molecule has 2 aliphatic heterocycles. The summed E-state index contributed by atoms with van der Waals surface area (Å²) in [5, 5.41) is 0. The molecule has 0 amide bonds. The average Bonchev–Trinajstić information content (AvgIpc) is 4.02. The smallest absolute Gasteiger partial charge is 0.657 e. The van der Waals surface area contributed by atoms with Crippen LogP contribution in [-0.4, -0.2) is 22.3 Å². The summed E-state index contributed by atoms with van der Waals surface area (Å²) < 4.78 is 93.0. The topological polar surface area (TPSA) is 54.0 Å².